The van der Waals surface area contributed by atoms with Crippen molar-refractivity contribution in [1.82, 2.24) is 10.1 Å². The predicted molar refractivity (Wildman–Crippen MR) is 84.4 cm³/mol. The van der Waals surface area contributed by atoms with E-state index < -0.39 is 0 Å². The number of nitrogens with zero attached hydrogens (tertiary/aromatic N) is 2. The lowest BCUT2D eigenvalue weighted by Gasteiger charge is -2.27. The molecular weight excluding hydrogens is 305 g/mol. The van der Waals surface area contributed by atoms with Crippen molar-refractivity contribution in [3.8, 4) is 0 Å². The van der Waals surface area contributed by atoms with E-state index in [-0.39, 0.29) is 24.3 Å². The number of nitrogens with two attached hydrogens (primary N) is 1. The molecule has 1 heterocycles. The molecule has 2 atom stereocenters. The fraction of sp³-hybridized carbons (Fsp3) is 0.500. The Bertz CT molecular complexity index is 605. The standard InChI is InChI=1S/C16H20FN3O.ClH/c17-13-6-3-4-11(8-13)9-15-19-16(21-20-15)10-12-5-1-2-7-14(12)18;/h3-4,6,8,12,14H,1-2,5,7,9-10,18H2;1H. The lowest BCUT2D eigenvalue weighted by atomic mass is 9.83. The summed E-state index contributed by atoms with van der Waals surface area (Å²) in [7, 11) is 0. The Kier molecular flexibility index (Phi) is 5.91. The maximum absolute atomic E-state index is 13.1. The van der Waals surface area contributed by atoms with Gasteiger partial charge in [0.05, 0.1) is 0 Å². The smallest absolute Gasteiger partial charge is 0.226 e. The summed E-state index contributed by atoms with van der Waals surface area (Å²) in [5.74, 6) is 1.43. The Morgan fingerprint density at radius 2 is 2.09 bits per heavy atom. The number of aromatic nitrogens is 2. The minimum absolute atomic E-state index is 0. The van der Waals surface area contributed by atoms with Crippen LogP contribution < -0.4 is 5.73 Å². The Hall–Kier alpha value is -1.46. The molecule has 4 nitrogen and oxygen atoms in total. The van der Waals surface area contributed by atoms with Gasteiger partial charge in [-0.1, -0.05) is 30.1 Å². The van der Waals surface area contributed by atoms with E-state index in [1.165, 1.54) is 25.0 Å². The molecule has 0 saturated heterocycles. The molecule has 0 radical (unpaired) electrons. The van der Waals surface area contributed by atoms with Crippen molar-refractivity contribution in [1.29, 1.82) is 0 Å². The van der Waals surface area contributed by atoms with Crippen molar-refractivity contribution in [3.05, 3.63) is 47.4 Å². The Morgan fingerprint density at radius 3 is 2.86 bits per heavy atom. The first-order valence-corrected chi connectivity index (χ1v) is 7.52. The van der Waals surface area contributed by atoms with E-state index in [1.54, 1.807) is 6.07 Å². The van der Waals surface area contributed by atoms with Gasteiger partial charge >= 0.3 is 0 Å². The summed E-state index contributed by atoms with van der Waals surface area (Å²) in [5.41, 5.74) is 6.99. The lowest BCUT2D eigenvalue weighted by molar-refractivity contribution is 0.273. The van der Waals surface area contributed by atoms with Crippen LogP contribution in [0.3, 0.4) is 0 Å². The third-order valence-corrected chi connectivity index (χ3v) is 4.17. The van der Waals surface area contributed by atoms with Crippen LogP contribution in [0.5, 0.6) is 0 Å². The van der Waals surface area contributed by atoms with Gasteiger partial charge in [-0.05, 0) is 36.5 Å². The summed E-state index contributed by atoms with van der Waals surface area (Å²) in [5, 5.41) is 3.98. The second-order valence-electron chi connectivity index (χ2n) is 5.82. The Labute approximate surface area is 135 Å². The maximum Gasteiger partial charge on any atom is 0.226 e. The van der Waals surface area contributed by atoms with Crippen LogP contribution in [0.2, 0.25) is 0 Å². The van der Waals surface area contributed by atoms with Crippen molar-refractivity contribution < 1.29 is 8.91 Å². The van der Waals surface area contributed by atoms with Crippen molar-refractivity contribution in [2.24, 2.45) is 11.7 Å². The molecule has 0 amide bonds. The van der Waals surface area contributed by atoms with E-state index in [9.17, 15) is 4.39 Å². The number of hydrogen-bond acceptors (Lipinski definition) is 4. The Balaban J connectivity index is 0.00000176. The van der Waals surface area contributed by atoms with E-state index in [1.807, 2.05) is 6.07 Å². The topological polar surface area (TPSA) is 64.9 Å². The second kappa shape index (κ2) is 7.70. The van der Waals surface area contributed by atoms with Crippen molar-refractivity contribution in [2.45, 2.75) is 44.6 Å². The number of benzene rings is 1. The molecule has 2 aromatic rings. The van der Waals surface area contributed by atoms with Gasteiger partial charge in [-0.25, -0.2) is 4.39 Å². The van der Waals surface area contributed by atoms with Crippen LogP contribution in [0.15, 0.2) is 28.8 Å². The largest absolute Gasteiger partial charge is 0.339 e. The summed E-state index contributed by atoms with van der Waals surface area (Å²) < 4.78 is 18.5. The van der Waals surface area contributed by atoms with Crippen LogP contribution in [0.25, 0.3) is 0 Å². The van der Waals surface area contributed by atoms with Crippen molar-refractivity contribution >= 4 is 12.4 Å². The van der Waals surface area contributed by atoms with Crippen LogP contribution >= 0.6 is 12.4 Å². The van der Waals surface area contributed by atoms with Crippen molar-refractivity contribution in [2.75, 3.05) is 0 Å². The summed E-state index contributed by atoms with van der Waals surface area (Å²) in [6.45, 7) is 0. The molecule has 2 unspecified atom stereocenters. The average molecular weight is 326 g/mol. The molecule has 22 heavy (non-hydrogen) atoms. The minimum atomic E-state index is -0.246. The number of rotatable bonds is 4. The number of halogens is 2. The lowest BCUT2D eigenvalue weighted by Crippen LogP contribution is -2.34. The van der Waals surface area contributed by atoms with Crippen LogP contribution in [0.1, 0.15) is 43.0 Å². The second-order valence-corrected chi connectivity index (χ2v) is 5.82. The molecule has 0 aliphatic heterocycles. The molecule has 0 bridgehead atoms. The monoisotopic (exact) mass is 325 g/mol. The molecular formula is C16H21ClFN3O. The van der Waals surface area contributed by atoms with E-state index in [2.05, 4.69) is 10.1 Å². The summed E-state index contributed by atoms with van der Waals surface area (Å²) in [6, 6.07) is 6.70. The van der Waals surface area contributed by atoms with Gasteiger partial charge in [0.1, 0.15) is 5.82 Å². The molecule has 1 aromatic carbocycles. The van der Waals surface area contributed by atoms with E-state index in [4.69, 9.17) is 10.3 Å². The summed E-state index contributed by atoms with van der Waals surface area (Å²) in [6.07, 6.45) is 5.88. The summed E-state index contributed by atoms with van der Waals surface area (Å²) >= 11 is 0. The first-order chi connectivity index (χ1) is 10.2. The fourth-order valence-electron chi connectivity index (χ4n) is 2.99. The molecule has 1 fully saturated rings. The van der Waals surface area contributed by atoms with Crippen molar-refractivity contribution in [3.63, 3.8) is 0 Å². The quantitative estimate of drug-likeness (QED) is 0.937. The molecule has 2 N–H and O–H groups in total. The minimum Gasteiger partial charge on any atom is -0.339 e. The highest BCUT2D eigenvalue weighted by Gasteiger charge is 2.24. The maximum atomic E-state index is 13.1. The zero-order valence-corrected chi connectivity index (χ0v) is 13.2. The molecule has 1 saturated carbocycles. The third-order valence-electron chi connectivity index (χ3n) is 4.17. The fourth-order valence-corrected chi connectivity index (χ4v) is 2.99. The molecule has 0 spiro atoms. The van der Waals surface area contributed by atoms with Gasteiger partial charge in [0, 0.05) is 18.9 Å². The highest BCUT2D eigenvalue weighted by molar-refractivity contribution is 5.85. The molecule has 1 aliphatic carbocycles. The zero-order valence-electron chi connectivity index (χ0n) is 12.4. The van der Waals surface area contributed by atoms with E-state index >= 15 is 0 Å². The van der Waals surface area contributed by atoms with Crippen LogP contribution in [-0.2, 0) is 12.8 Å². The van der Waals surface area contributed by atoms with Gasteiger partial charge in [-0.3, -0.25) is 0 Å². The highest BCUT2D eigenvalue weighted by Crippen LogP contribution is 2.25. The SMILES string of the molecule is Cl.NC1CCCCC1Cc1nc(Cc2cccc(F)c2)no1. The normalized spacial score (nSPS) is 21.4. The van der Waals surface area contributed by atoms with E-state index in [0.29, 0.717) is 24.1 Å². The summed E-state index contributed by atoms with van der Waals surface area (Å²) in [4.78, 5) is 4.41. The van der Waals surface area contributed by atoms with Gasteiger partial charge < -0.3 is 10.3 Å². The molecule has 1 aliphatic rings. The molecule has 1 aromatic heterocycles. The Morgan fingerprint density at radius 1 is 1.27 bits per heavy atom. The third kappa shape index (κ3) is 4.27. The molecule has 120 valence electrons. The predicted octanol–water partition coefficient (Wildman–Crippen LogP) is 3.28. The van der Waals surface area contributed by atoms with Crippen LogP contribution in [-0.4, -0.2) is 16.2 Å². The number of hydrogen-bond donors (Lipinski definition) is 1. The molecule has 6 heteroatoms. The average Bonchev–Trinajstić information content (AvgIpc) is 2.89. The zero-order chi connectivity index (χ0) is 14.7. The first-order valence-electron chi connectivity index (χ1n) is 7.52. The first kappa shape index (κ1) is 16.9. The van der Waals surface area contributed by atoms with Gasteiger partial charge in [0.15, 0.2) is 5.82 Å². The highest BCUT2D eigenvalue weighted by atomic mass is 35.5. The van der Waals surface area contributed by atoms with Gasteiger partial charge in [-0.2, -0.15) is 4.98 Å². The van der Waals surface area contributed by atoms with Gasteiger partial charge in [0.25, 0.3) is 0 Å². The van der Waals surface area contributed by atoms with Gasteiger partial charge in [-0.15, -0.1) is 12.4 Å². The van der Waals surface area contributed by atoms with E-state index in [0.717, 1.165) is 24.8 Å². The van der Waals surface area contributed by atoms with Crippen LogP contribution in [0, 0.1) is 11.7 Å². The van der Waals surface area contributed by atoms with Crippen LogP contribution in [0.4, 0.5) is 4.39 Å². The molecule has 3 rings (SSSR count). The van der Waals surface area contributed by atoms with Gasteiger partial charge in [0.2, 0.25) is 5.89 Å².